The minimum Gasteiger partial charge on any atom is -0.456 e. The summed E-state index contributed by atoms with van der Waals surface area (Å²) in [6, 6.07) is 16.7. The van der Waals surface area contributed by atoms with Gasteiger partial charge < -0.3 is 15.0 Å². The number of hydrogen-bond donors (Lipinski definition) is 1. The van der Waals surface area contributed by atoms with Gasteiger partial charge in [-0.15, -0.1) is 0 Å². The Morgan fingerprint density at radius 2 is 1.62 bits per heavy atom. The number of hydrogen-bond acceptors (Lipinski definition) is 6. The first-order valence-electron chi connectivity index (χ1n) is 12.6. The van der Waals surface area contributed by atoms with Crippen LogP contribution in [0.5, 0.6) is 0 Å². The normalized spacial score (nSPS) is 14.8. The van der Waals surface area contributed by atoms with Crippen molar-refractivity contribution in [2.45, 2.75) is 32.6 Å². The molecule has 37 heavy (non-hydrogen) atoms. The molecule has 0 aliphatic carbocycles. The SMILES string of the molecule is Cc1cc(N2CCCC2)ccc1NC(=O)COC(=O)CCCN1C(=O)c2cccc3cccc(c23)C1=O. The van der Waals surface area contributed by atoms with Crippen molar-refractivity contribution in [1.82, 2.24) is 4.90 Å². The van der Waals surface area contributed by atoms with Crippen molar-refractivity contribution in [1.29, 1.82) is 0 Å². The molecule has 0 saturated carbocycles. The van der Waals surface area contributed by atoms with Crippen LogP contribution in [0.4, 0.5) is 11.4 Å². The number of nitrogens with one attached hydrogen (secondary N) is 1. The monoisotopic (exact) mass is 499 g/mol. The fraction of sp³-hybridized carbons (Fsp3) is 0.310. The molecule has 2 aliphatic heterocycles. The minimum atomic E-state index is -0.560. The van der Waals surface area contributed by atoms with Gasteiger partial charge in [-0.1, -0.05) is 24.3 Å². The van der Waals surface area contributed by atoms with E-state index in [2.05, 4.69) is 16.3 Å². The van der Waals surface area contributed by atoms with Crippen LogP contribution in [0.3, 0.4) is 0 Å². The molecule has 5 rings (SSSR count). The lowest BCUT2D eigenvalue weighted by atomic mass is 9.94. The third kappa shape index (κ3) is 5.05. The van der Waals surface area contributed by atoms with Crippen molar-refractivity contribution >= 4 is 45.8 Å². The second kappa shape index (κ2) is 10.4. The van der Waals surface area contributed by atoms with Crippen molar-refractivity contribution in [3.8, 4) is 0 Å². The summed E-state index contributed by atoms with van der Waals surface area (Å²) in [7, 11) is 0. The molecule has 1 saturated heterocycles. The molecule has 8 heteroatoms. The van der Waals surface area contributed by atoms with Gasteiger partial charge in [0.05, 0.1) is 0 Å². The molecule has 2 aliphatic rings. The van der Waals surface area contributed by atoms with Crippen LogP contribution in [0.25, 0.3) is 10.8 Å². The zero-order valence-corrected chi connectivity index (χ0v) is 20.8. The minimum absolute atomic E-state index is 0.0141. The number of ether oxygens (including phenoxy) is 1. The Morgan fingerprint density at radius 1 is 0.946 bits per heavy atom. The molecule has 3 aromatic rings. The van der Waals surface area contributed by atoms with Crippen molar-refractivity contribution in [3.05, 3.63) is 71.3 Å². The van der Waals surface area contributed by atoms with Crippen molar-refractivity contribution in [3.63, 3.8) is 0 Å². The molecule has 1 fully saturated rings. The van der Waals surface area contributed by atoms with E-state index >= 15 is 0 Å². The zero-order chi connectivity index (χ0) is 25.9. The average molecular weight is 500 g/mol. The Kier molecular flexibility index (Phi) is 6.90. The first-order valence-corrected chi connectivity index (χ1v) is 12.6. The first kappa shape index (κ1) is 24.5. The molecule has 0 radical (unpaired) electrons. The standard InChI is InChI=1S/C29H29N3O5/c1-19-17-21(31-14-2-3-15-31)12-13-24(19)30-25(33)18-37-26(34)11-6-16-32-28(35)22-9-4-7-20-8-5-10-23(27(20)22)29(32)36/h4-5,7-10,12-13,17H,2-3,6,11,14-16,18H2,1H3,(H,30,33). The number of carbonyl (C=O) groups excluding carboxylic acids is 4. The van der Waals surface area contributed by atoms with Crippen LogP contribution < -0.4 is 10.2 Å². The summed E-state index contributed by atoms with van der Waals surface area (Å²) >= 11 is 0. The summed E-state index contributed by atoms with van der Waals surface area (Å²) in [5.74, 6) is -1.71. The van der Waals surface area contributed by atoms with Gasteiger partial charge >= 0.3 is 5.97 Å². The van der Waals surface area contributed by atoms with Gasteiger partial charge in [-0.05, 0) is 67.5 Å². The Morgan fingerprint density at radius 3 is 2.27 bits per heavy atom. The number of rotatable bonds is 8. The van der Waals surface area contributed by atoms with E-state index in [9.17, 15) is 19.2 Å². The van der Waals surface area contributed by atoms with Crippen LogP contribution in [-0.2, 0) is 14.3 Å². The predicted octanol–water partition coefficient (Wildman–Crippen LogP) is 4.31. The summed E-state index contributed by atoms with van der Waals surface area (Å²) in [5.41, 5.74) is 3.73. The highest BCUT2D eigenvalue weighted by molar-refractivity contribution is 6.25. The number of amides is 3. The first-order chi connectivity index (χ1) is 17.9. The fourth-order valence-electron chi connectivity index (χ4n) is 5.03. The predicted molar refractivity (Wildman–Crippen MR) is 141 cm³/mol. The quantitative estimate of drug-likeness (QED) is 0.367. The van der Waals surface area contributed by atoms with Crippen LogP contribution in [0.15, 0.2) is 54.6 Å². The summed E-state index contributed by atoms with van der Waals surface area (Å²) < 4.78 is 5.12. The van der Waals surface area contributed by atoms with Gasteiger partial charge in [-0.25, -0.2) is 0 Å². The van der Waals surface area contributed by atoms with Gasteiger partial charge in [-0.3, -0.25) is 24.1 Å². The Balaban J connectivity index is 1.10. The molecule has 190 valence electrons. The van der Waals surface area contributed by atoms with Gasteiger partial charge in [0.25, 0.3) is 17.7 Å². The second-order valence-corrected chi connectivity index (χ2v) is 9.48. The largest absolute Gasteiger partial charge is 0.456 e. The molecule has 2 heterocycles. The van der Waals surface area contributed by atoms with Gasteiger partial charge in [0.2, 0.25) is 0 Å². The molecule has 0 spiro atoms. The van der Waals surface area contributed by atoms with Crippen LogP contribution >= 0.6 is 0 Å². The zero-order valence-electron chi connectivity index (χ0n) is 20.8. The summed E-state index contributed by atoms with van der Waals surface area (Å²) in [5, 5.41) is 4.30. The summed E-state index contributed by atoms with van der Waals surface area (Å²) in [4.78, 5) is 53.9. The van der Waals surface area contributed by atoms with Crippen LogP contribution in [0.1, 0.15) is 52.0 Å². The highest BCUT2D eigenvalue weighted by atomic mass is 16.5. The van der Waals surface area contributed by atoms with Crippen molar-refractivity contribution in [2.75, 3.05) is 36.5 Å². The Bertz CT molecular complexity index is 1340. The van der Waals surface area contributed by atoms with E-state index < -0.39 is 18.5 Å². The number of imide groups is 1. The molecular weight excluding hydrogens is 470 g/mol. The highest BCUT2D eigenvalue weighted by Crippen LogP contribution is 2.30. The summed E-state index contributed by atoms with van der Waals surface area (Å²) in [6.07, 6.45) is 2.61. The maximum Gasteiger partial charge on any atom is 0.306 e. The molecule has 0 unspecified atom stereocenters. The number of carbonyl (C=O) groups is 4. The van der Waals surface area contributed by atoms with Gasteiger partial charge in [0.1, 0.15) is 0 Å². The fourth-order valence-corrected chi connectivity index (χ4v) is 5.03. The van der Waals surface area contributed by atoms with E-state index in [4.69, 9.17) is 4.74 Å². The Labute approximate surface area is 215 Å². The average Bonchev–Trinajstić information content (AvgIpc) is 3.44. The molecule has 3 aromatic carbocycles. The topological polar surface area (TPSA) is 96.0 Å². The number of benzene rings is 3. The van der Waals surface area contributed by atoms with Crippen molar-refractivity contribution in [2.24, 2.45) is 0 Å². The van der Waals surface area contributed by atoms with E-state index in [-0.39, 0.29) is 31.2 Å². The van der Waals surface area contributed by atoms with Gasteiger partial charge in [0, 0.05) is 53.9 Å². The maximum absolute atomic E-state index is 12.9. The highest BCUT2D eigenvalue weighted by Gasteiger charge is 2.32. The third-order valence-electron chi connectivity index (χ3n) is 6.94. The number of esters is 1. The second-order valence-electron chi connectivity index (χ2n) is 9.48. The maximum atomic E-state index is 12.9. The van der Waals surface area contributed by atoms with Crippen LogP contribution in [-0.4, -0.2) is 54.8 Å². The molecule has 1 N–H and O–H groups in total. The van der Waals surface area contributed by atoms with E-state index in [1.807, 2.05) is 31.2 Å². The van der Waals surface area contributed by atoms with E-state index in [1.54, 1.807) is 24.3 Å². The van der Waals surface area contributed by atoms with Gasteiger partial charge in [0.15, 0.2) is 6.61 Å². The van der Waals surface area contributed by atoms with E-state index in [0.29, 0.717) is 22.2 Å². The molecule has 3 amide bonds. The van der Waals surface area contributed by atoms with Crippen molar-refractivity contribution < 1.29 is 23.9 Å². The molecule has 0 bridgehead atoms. The molecule has 0 atom stereocenters. The number of nitrogens with zero attached hydrogens (tertiary/aromatic N) is 2. The molecule has 8 nitrogen and oxygen atoms in total. The lowest BCUT2D eigenvalue weighted by Crippen LogP contribution is -2.41. The van der Waals surface area contributed by atoms with Crippen LogP contribution in [0, 0.1) is 6.92 Å². The summed E-state index contributed by atoms with van der Waals surface area (Å²) in [6.45, 7) is 3.72. The van der Waals surface area contributed by atoms with Gasteiger partial charge in [-0.2, -0.15) is 0 Å². The molecular formula is C29H29N3O5. The number of anilines is 2. The molecule has 0 aromatic heterocycles. The van der Waals surface area contributed by atoms with Crippen LogP contribution in [0.2, 0.25) is 0 Å². The Hall–Kier alpha value is -4.20. The smallest absolute Gasteiger partial charge is 0.306 e. The lowest BCUT2D eigenvalue weighted by molar-refractivity contribution is -0.147. The van der Waals surface area contributed by atoms with E-state index in [1.165, 1.54) is 17.7 Å². The van der Waals surface area contributed by atoms with E-state index in [0.717, 1.165) is 29.7 Å². The third-order valence-corrected chi connectivity index (χ3v) is 6.94. The lowest BCUT2D eigenvalue weighted by Gasteiger charge is -2.27. The number of aryl methyl sites for hydroxylation is 1.